The van der Waals surface area contributed by atoms with E-state index in [2.05, 4.69) is 5.10 Å². The van der Waals surface area contributed by atoms with Gasteiger partial charge in [-0.15, -0.1) is 0 Å². The maximum atomic E-state index is 11.2. The van der Waals surface area contributed by atoms with Gasteiger partial charge in [-0.2, -0.15) is 5.10 Å². The predicted molar refractivity (Wildman–Crippen MR) is 82.6 cm³/mol. The summed E-state index contributed by atoms with van der Waals surface area (Å²) in [6.45, 7) is 5.45. The average Bonchev–Trinajstić information content (AvgIpc) is 3.07. The Bertz CT molecular complexity index is 495. The molecular formula is C15H24ClN3O2. The summed E-state index contributed by atoms with van der Waals surface area (Å²) in [5.74, 6) is -0.781. The molecule has 1 fully saturated rings. The number of carbonyl (C=O) groups is 1. The van der Waals surface area contributed by atoms with Crippen LogP contribution < -0.4 is 0 Å². The summed E-state index contributed by atoms with van der Waals surface area (Å²) in [6, 6.07) is 0.349. The van der Waals surface area contributed by atoms with E-state index in [0.29, 0.717) is 17.6 Å². The van der Waals surface area contributed by atoms with Crippen molar-refractivity contribution in [2.45, 2.75) is 65.1 Å². The Labute approximate surface area is 130 Å². The lowest BCUT2D eigenvalue weighted by atomic mass is 10.2. The highest BCUT2D eigenvalue weighted by Gasteiger charge is 2.27. The number of hydrogen-bond acceptors (Lipinski definition) is 3. The van der Waals surface area contributed by atoms with E-state index in [4.69, 9.17) is 11.6 Å². The smallest absolute Gasteiger partial charge is 0.317 e. The summed E-state index contributed by atoms with van der Waals surface area (Å²) < 4.78 is 1.91. The molecule has 2 rings (SSSR count). The summed E-state index contributed by atoms with van der Waals surface area (Å²) in [6.07, 6.45) is 5.31. The predicted octanol–water partition coefficient (Wildman–Crippen LogP) is 2.95. The number of aromatic nitrogens is 2. The first kappa shape index (κ1) is 16.3. The van der Waals surface area contributed by atoms with Crippen molar-refractivity contribution in [3.8, 4) is 0 Å². The zero-order chi connectivity index (χ0) is 15.4. The lowest BCUT2D eigenvalue weighted by Gasteiger charge is -2.27. The minimum atomic E-state index is -0.781. The van der Waals surface area contributed by atoms with E-state index in [-0.39, 0.29) is 6.54 Å². The van der Waals surface area contributed by atoms with Gasteiger partial charge in [0.05, 0.1) is 23.0 Å². The van der Waals surface area contributed by atoms with Crippen LogP contribution in [0, 0.1) is 0 Å². The molecule has 0 bridgehead atoms. The summed E-state index contributed by atoms with van der Waals surface area (Å²) in [5, 5.41) is 14.4. The van der Waals surface area contributed by atoms with Crippen molar-refractivity contribution in [3.05, 3.63) is 16.4 Å². The third-order valence-corrected chi connectivity index (χ3v) is 4.66. The first-order valence-corrected chi connectivity index (χ1v) is 8.14. The number of hydrogen-bond donors (Lipinski definition) is 1. The number of halogens is 1. The monoisotopic (exact) mass is 313 g/mol. The van der Waals surface area contributed by atoms with Crippen molar-refractivity contribution in [3.63, 3.8) is 0 Å². The Morgan fingerprint density at radius 1 is 1.43 bits per heavy atom. The van der Waals surface area contributed by atoms with Crippen LogP contribution in [0.4, 0.5) is 0 Å². The molecule has 6 heteroatoms. The second-order valence-corrected chi connectivity index (χ2v) is 5.99. The number of aliphatic carboxylic acids is 1. The number of nitrogens with zero attached hydrogens (tertiary/aromatic N) is 3. The van der Waals surface area contributed by atoms with Crippen LogP contribution in [0.25, 0.3) is 0 Å². The molecule has 1 N–H and O–H groups in total. The number of rotatable bonds is 7. The van der Waals surface area contributed by atoms with Gasteiger partial charge in [-0.05, 0) is 26.2 Å². The van der Waals surface area contributed by atoms with Gasteiger partial charge >= 0.3 is 5.97 Å². The topological polar surface area (TPSA) is 58.4 Å². The molecule has 0 aliphatic heterocycles. The van der Waals surface area contributed by atoms with Crippen molar-refractivity contribution in [1.82, 2.24) is 14.7 Å². The molecule has 5 nitrogen and oxygen atoms in total. The molecule has 0 saturated heterocycles. The molecule has 1 heterocycles. The van der Waals surface area contributed by atoms with E-state index in [0.717, 1.165) is 37.2 Å². The van der Waals surface area contributed by atoms with Crippen molar-refractivity contribution >= 4 is 17.6 Å². The quantitative estimate of drug-likeness (QED) is 0.841. The fraction of sp³-hybridized carbons (Fsp3) is 0.733. The summed E-state index contributed by atoms with van der Waals surface area (Å²) in [5.41, 5.74) is 1.85. The molecule has 0 spiro atoms. The average molecular weight is 314 g/mol. The Morgan fingerprint density at radius 2 is 2.10 bits per heavy atom. The first-order valence-electron chi connectivity index (χ1n) is 7.76. The lowest BCUT2D eigenvalue weighted by molar-refractivity contribution is -0.139. The van der Waals surface area contributed by atoms with Crippen LogP contribution >= 0.6 is 11.6 Å². The van der Waals surface area contributed by atoms with Crippen molar-refractivity contribution in [2.24, 2.45) is 0 Å². The number of carboxylic acids is 1. The summed E-state index contributed by atoms with van der Waals surface area (Å²) in [7, 11) is 0. The molecule has 0 unspecified atom stereocenters. The van der Waals surface area contributed by atoms with Crippen molar-refractivity contribution in [2.75, 3.05) is 6.54 Å². The van der Waals surface area contributed by atoms with Gasteiger partial charge in [0.25, 0.3) is 0 Å². The molecule has 1 aliphatic rings. The normalized spacial score (nSPS) is 16.0. The molecule has 1 aromatic rings. The fourth-order valence-corrected chi connectivity index (χ4v) is 3.45. The molecule has 118 valence electrons. The minimum Gasteiger partial charge on any atom is -0.480 e. The van der Waals surface area contributed by atoms with E-state index < -0.39 is 5.97 Å². The molecule has 0 atom stereocenters. The maximum absolute atomic E-state index is 11.2. The summed E-state index contributed by atoms with van der Waals surface area (Å²) in [4.78, 5) is 13.2. The van der Waals surface area contributed by atoms with Gasteiger partial charge in [0.1, 0.15) is 0 Å². The highest BCUT2D eigenvalue weighted by Crippen LogP contribution is 2.28. The second-order valence-electron chi connectivity index (χ2n) is 5.61. The third-order valence-electron chi connectivity index (χ3n) is 4.23. The Balaban J connectivity index is 2.22. The van der Waals surface area contributed by atoms with Gasteiger partial charge in [-0.25, -0.2) is 0 Å². The lowest BCUT2D eigenvalue weighted by Crippen LogP contribution is -2.37. The maximum Gasteiger partial charge on any atom is 0.317 e. The van der Waals surface area contributed by atoms with Crippen molar-refractivity contribution in [1.29, 1.82) is 0 Å². The molecule has 1 aromatic heterocycles. The van der Waals surface area contributed by atoms with E-state index in [9.17, 15) is 9.90 Å². The van der Waals surface area contributed by atoms with Crippen LogP contribution in [-0.4, -0.2) is 38.3 Å². The molecule has 0 aromatic carbocycles. The standard InChI is InChI=1S/C15H24ClN3O2/c1-3-12-15(16)13(19(4-2)17-12)9-18(10-14(20)21)11-7-5-6-8-11/h11H,3-10H2,1-2H3,(H,20,21). The van der Waals surface area contributed by atoms with Gasteiger partial charge in [0.15, 0.2) is 0 Å². The van der Waals surface area contributed by atoms with Crippen LogP contribution in [-0.2, 0) is 24.3 Å². The molecule has 0 amide bonds. The highest BCUT2D eigenvalue weighted by molar-refractivity contribution is 6.31. The zero-order valence-electron chi connectivity index (χ0n) is 12.8. The van der Waals surface area contributed by atoms with Gasteiger partial charge in [0.2, 0.25) is 0 Å². The van der Waals surface area contributed by atoms with Gasteiger partial charge in [-0.1, -0.05) is 31.4 Å². The van der Waals surface area contributed by atoms with E-state index >= 15 is 0 Å². The summed E-state index contributed by atoms with van der Waals surface area (Å²) >= 11 is 6.44. The van der Waals surface area contributed by atoms with E-state index in [1.807, 2.05) is 23.4 Å². The number of carboxylic acid groups (broad SMARTS) is 1. The molecule has 1 saturated carbocycles. The molecule has 21 heavy (non-hydrogen) atoms. The molecule has 0 radical (unpaired) electrons. The van der Waals surface area contributed by atoms with Crippen LogP contribution in [0.2, 0.25) is 5.02 Å². The van der Waals surface area contributed by atoms with Gasteiger partial charge in [-0.3, -0.25) is 14.4 Å². The fourth-order valence-electron chi connectivity index (χ4n) is 3.12. The van der Waals surface area contributed by atoms with E-state index in [1.54, 1.807) is 0 Å². The molecular weight excluding hydrogens is 290 g/mol. The van der Waals surface area contributed by atoms with E-state index in [1.165, 1.54) is 12.8 Å². The van der Waals surface area contributed by atoms with Crippen LogP contribution in [0.5, 0.6) is 0 Å². The first-order chi connectivity index (χ1) is 10.1. The van der Waals surface area contributed by atoms with Crippen LogP contribution in [0.3, 0.4) is 0 Å². The highest BCUT2D eigenvalue weighted by atomic mass is 35.5. The SMILES string of the molecule is CCc1nn(CC)c(CN(CC(=O)O)C2CCCC2)c1Cl. The minimum absolute atomic E-state index is 0.0668. The van der Waals surface area contributed by atoms with Crippen molar-refractivity contribution < 1.29 is 9.90 Å². The van der Waals surface area contributed by atoms with Gasteiger partial charge in [0, 0.05) is 19.1 Å². The third kappa shape index (κ3) is 3.77. The largest absolute Gasteiger partial charge is 0.480 e. The number of aryl methyl sites for hydroxylation is 2. The van der Waals surface area contributed by atoms with Crippen LogP contribution in [0.15, 0.2) is 0 Å². The second kappa shape index (κ2) is 7.27. The Hall–Kier alpha value is -1.07. The van der Waals surface area contributed by atoms with Crippen LogP contribution in [0.1, 0.15) is 50.9 Å². The van der Waals surface area contributed by atoms with Gasteiger partial charge < -0.3 is 5.11 Å². The Kier molecular flexibility index (Phi) is 5.65. The zero-order valence-corrected chi connectivity index (χ0v) is 13.6. The molecule has 1 aliphatic carbocycles. The Morgan fingerprint density at radius 3 is 2.62 bits per heavy atom.